The molecule has 1 rings (SSSR count). The Morgan fingerprint density at radius 3 is 2.67 bits per heavy atom. The zero-order valence-electron chi connectivity index (χ0n) is 12.2. The highest BCUT2D eigenvalue weighted by Crippen LogP contribution is 2.22. The van der Waals surface area contributed by atoms with Gasteiger partial charge in [-0.3, -0.25) is 16.0 Å². The van der Waals surface area contributed by atoms with E-state index in [1.54, 1.807) is 7.11 Å². The summed E-state index contributed by atoms with van der Waals surface area (Å²) in [6.45, 7) is 9.16. The molecule has 0 bridgehead atoms. The molecule has 0 aliphatic heterocycles. The Labute approximate surface area is 110 Å². The molecular formula is C13H26N4O. The summed E-state index contributed by atoms with van der Waals surface area (Å²) in [4.78, 5) is 0. The number of hydrogen-bond acceptors (Lipinski definition) is 4. The van der Waals surface area contributed by atoms with E-state index >= 15 is 0 Å². The van der Waals surface area contributed by atoms with E-state index in [0.29, 0.717) is 0 Å². The van der Waals surface area contributed by atoms with Crippen LogP contribution in [0.2, 0.25) is 0 Å². The van der Waals surface area contributed by atoms with Crippen molar-refractivity contribution in [2.45, 2.75) is 58.7 Å². The molecule has 3 N–H and O–H groups in total. The lowest BCUT2D eigenvalue weighted by atomic mass is 9.90. The molecule has 1 aromatic heterocycles. The molecule has 0 aliphatic carbocycles. The van der Waals surface area contributed by atoms with Crippen molar-refractivity contribution in [3.8, 4) is 0 Å². The Balaban J connectivity index is 2.91. The SMILES string of the molecule is CCn1nc(C)cc1CC(NN)C(C)(CC)OC. The van der Waals surface area contributed by atoms with E-state index in [1.165, 1.54) is 5.69 Å². The van der Waals surface area contributed by atoms with Crippen molar-refractivity contribution in [2.75, 3.05) is 7.11 Å². The first-order valence-electron chi connectivity index (χ1n) is 6.55. The monoisotopic (exact) mass is 254 g/mol. The minimum atomic E-state index is -0.272. The van der Waals surface area contributed by atoms with E-state index in [1.807, 2.05) is 11.6 Å². The van der Waals surface area contributed by atoms with Crippen LogP contribution in [-0.4, -0.2) is 28.5 Å². The minimum Gasteiger partial charge on any atom is -0.377 e. The van der Waals surface area contributed by atoms with Gasteiger partial charge in [-0.2, -0.15) is 5.10 Å². The van der Waals surface area contributed by atoms with Crippen LogP contribution in [0.5, 0.6) is 0 Å². The smallest absolute Gasteiger partial charge is 0.0817 e. The van der Waals surface area contributed by atoms with Gasteiger partial charge in [0.2, 0.25) is 0 Å². The van der Waals surface area contributed by atoms with E-state index < -0.39 is 0 Å². The van der Waals surface area contributed by atoms with Gasteiger partial charge >= 0.3 is 0 Å². The summed E-state index contributed by atoms with van der Waals surface area (Å²) in [5.41, 5.74) is 4.84. The molecule has 0 amide bonds. The van der Waals surface area contributed by atoms with Crippen molar-refractivity contribution in [3.63, 3.8) is 0 Å². The van der Waals surface area contributed by atoms with E-state index in [4.69, 9.17) is 10.6 Å². The molecule has 18 heavy (non-hydrogen) atoms. The quantitative estimate of drug-likeness (QED) is 0.570. The molecule has 1 heterocycles. The van der Waals surface area contributed by atoms with Gasteiger partial charge in [-0.1, -0.05) is 6.92 Å². The number of ether oxygens (including phenoxy) is 1. The fourth-order valence-electron chi connectivity index (χ4n) is 2.23. The number of aryl methyl sites for hydroxylation is 2. The van der Waals surface area contributed by atoms with Crippen LogP contribution in [0.4, 0.5) is 0 Å². The average molecular weight is 254 g/mol. The van der Waals surface area contributed by atoms with Gasteiger partial charge in [0, 0.05) is 25.8 Å². The number of methoxy groups -OCH3 is 1. The third-order valence-electron chi connectivity index (χ3n) is 3.80. The Bertz CT molecular complexity index is 371. The predicted molar refractivity (Wildman–Crippen MR) is 73.2 cm³/mol. The second-order valence-corrected chi connectivity index (χ2v) is 4.89. The summed E-state index contributed by atoms with van der Waals surface area (Å²) in [6, 6.07) is 2.17. The second-order valence-electron chi connectivity index (χ2n) is 4.89. The van der Waals surface area contributed by atoms with Crippen molar-refractivity contribution in [1.29, 1.82) is 0 Å². The van der Waals surface area contributed by atoms with Crippen LogP contribution in [0.25, 0.3) is 0 Å². The lowest BCUT2D eigenvalue weighted by molar-refractivity contribution is -0.0292. The Kier molecular flexibility index (Phi) is 5.31. The molecule has 0 aromatic carbocycles. The van der Waals surface area contributed by atoms with E-state index in [0.717, 1.165) is 25.1 Å². The molecule has 0 saturated heterocycles. The van der Waals surface area contributed by atoms with Gasteiger partial charge in [0.15, 0.2) is 0 Å². The third-order valence-corrected chi connectivity index (χ3v) is 3.80. The van der Waals surface area contributed by atoms with E-state index in [2.05, 4.69) is 37.4 Å². The standard InChI is InChI=1S/C13H26N4O/c1-6-13(4,18-5)12(15-14)9-11-8-10(3)16-17(11)7-2/h8,12,15H,6-7,9,14H2,1-5H3. The topological polar surface area (TPSA) is 65.1 Å². The fourth-order valence-corrected chi connectivity index (χ4v) is 2.23. The number of nitrogens with two attached hydrogens (primary N) is 1. The van der Waals surface area contributed by atoms with Crippen LogP contribution in [0.1, 0.15) is 38.6 Å². The van der Waals surface area contributed by atoms with Gasteiger partial charge in [-0.15, -0.1) is 0 Å². The Morgan fingerprint density at radius 1 is 1.56 bits per heavy atom. The van der Waals surface area contributed by atoms with Gasteiger partial charge in [-0.05, 0) is 33.3 Å². The third kappa shape index (κ3) is 3.10. The normalized spacial score (nSPS) is 16.6. The molecule has 0 saturated carbocycles. The molecule has 2 atom stereocenters. The van der Waals surface area contributed by atoms with Gasteiger partial charge in [0.05, 0.1) is 17.3 Å². The lowest BCUT2D eigenvalue weighted by Gasteiger charge is -2.35. The van der Waals surface area contributed by atoms with Gasteiger partial charge in [0.1, 0.15) is 0 Å². The van der Waals surface area contributed by atoms with Crippen LogP contribution in [0.15, 0.2) is 6.07 Å². The number of nitrogens with one attached hydrogen (secondary N) is 1. The zero-order valence-corrected chi connectivity index (χ0v) is 12.2. The maximum Gasteiger partial charge on any atom is 0.0817 e. The number of aromatic nitrogens is 2. The van der Waals surface area contributed by atoms with Gasteiger partial charge in [0.25, 0.3) is 0 Å². The van der Waals surface area contributed by atoms with Crippen LogP contribution >= 0.6 is 0 Å². The molecule has 0 spiro atoms. The highest BCUT2D eigenvalue weighted by molar-refractivity contribution is 5.12. The van der Waals surface area contributed by atoms with Crippen molar-refractivity contribution in [1.82, 2.24) is 15.2 Å². The maximum absolute atomic E-state index is 5.70. The highest BCUT2D eigenvalue weighted by Gasteiger charge is 2.32. The molecule has 0 radical (unpaired) electrons. The van der Waals surface area contributed by atoms with Crippen molar-refractivity contribution in [2.24, 2.45) is 5.84 Å². The molecule has 2 unspecified atom stereocenters. The first kappa shape index (κ1) is 15.1. The summed E-state index contributed by atoms with van der Waals surface area (Å²) < 4.78 is 7.64. The zero-order chi connectivity index (χ0) is 13.8. The van der Waals surface area contributed by atoms with Crippen molar-refractivity contribution in [3.05, 3.63) is 17.5 Å². The minimum absolute atomic E-state index is 0.0638. The largest absolute Gasteiger partial charge is 0.377 e. The first-order chi connectivity index (χ1) is 8.50. The molecule has 104 valence electrons. The molecule has 5 heteroatoms. The van der Waals surface area contributed by atoms with Crippen molar-refractivity contribution < 1.29 is 4.74 Å². The number of hydrazine groups is 1. The maximum atomic E-state index is 5.70. The number of nitrogens with zero attached hydrogens (tertiary/aromatic N) is 2. The molecule has 0 fully saturated rings. The summed E-state index contributed by atoms with van der Waals surface area (Å²) in [7, 11) is 1.73. The predicted octanol–water partition coefficient (Wildman–Crippen LogP) is 1.40. The van der Waals surface area contributed by atoms with E-state index in [-0.39, 0.29) is 11.6 Å². The summed E-state index contributed by atoms with van der Waals surface area (Å²) in [5.74, 6) is 5.70. The Morgan fingerprint density at radius 2 is 2.22 bits per heavy atom. The van der Waals surface area contributed by atoms with E-state index in [9.17, 15) is 0 Å². The van der Waals surface area contributed by atoms with Crippen LogP contribution in [0, 0.1) is 6.92 Å². The van der Waals surface area contributed by atoms with Gasteiger partial charge < -0.3 is 4.74 Å². The summed E-state index contributed by atoms with van der Waals surface area (Å²) in [5, 5.41) is 4.46. The lowest BCUT2D eigenvalue weighted by Crippen LogP contribution is -2.53. The molecule has 5 nitrogen and oxygen atoms in total. The van der Waals surface area contributed by atoms with Crippen LogP contribution < -0.4 is 11.3 Å². The fraction of sp³-hybridized carbons (Fsp3) is 0.769. The molecule has 0 aliphatic rings. The van der Waals surface area contributed by atoms with Gasteiger partial charge in [-0.25, -0.2) is 0 Å². The summed E-state index contributed by atoms with van der Waals surface area (Å²) in [6.07, 6.45) is 1.71. The van der Waals surface area contributed by atoms with Crippen LogP contribution in [0.3, 0.4) is 0 Å². The number of hydrogen-bond donors (Lipinski definition) is 2. The molecular weight excluding hydrogens is 228 g/mol. The molecule has 1 aromatic rings. The first-order valence-corrected chi connectivity index (χ1v) is 6.55. The van der Waals surface area contributed by atoms with Crippen LogP contribution in [-0.2, 0) is 17.7 Å². The summed E-state index contributed by atoms with van der Waals surface area (Å²) >= 11 is 0. The number of rotatable bonds is 7. The highest BCUT2D eigenvalue weighted by atomic mass is 16.5. The average Bonchev–Trinajstić information content (AvgIpc) is 2.75. The second kappa shape index (κ2) is 6.31. The van der Waals surface area contributed by atoms with Crippen molar-refractivity contribution >= 4 is 0 Å². The Hall–Kier alpha value is -0.910.